The summed E-state index contributed by atoms with van der Waals surface area (Å²) in [5.41, 5.74) is 6.12. The Morgan fingerprint density at radius 2 is 2.10 bits per heavy atom. The van der Waals surface area contributed by atoms with Crippen molar-refractivity contribution < 1.29 is 9.59 Å². The van der Waals surface area contributed by atoms with Crippen molar-refractivity contribution in [1.29, 1.82) is 0 Å². The lowest BCUT2D eigenvalue weighted by molar-refractivity contribution is -0.129. The highest BCUT2D eigenvalue weighted by atomic mass is 16.2. The Bertz CT molecular complexity index is 537. The molecule has 1 aromatic heterocycles. The van der Waals surface area contributed by atoms with Crippen molar-refractivity contribution in [3.05, 3.63) is 18.3 Å². The maximum Gasteiger partial charge on any atom is 0.229 e. The maximum atomic E-state index is 12.3. The standard InChI is InChI=1S/C15H20N4O2/c16-13-6-5-11(8-17-13)18-15(21)10-7-14(20)19(9-10)12-3-1-2-4-12/h5-6,8,10,12H,1-4,7,9H2,(H2,16,17)(H,18,21). The third-order valence-electron chi connectivity index (χ3n) is 4.35. The number of nitrogens with two attached hydrogens (primary N) is 1. The number of nitrogens with one attached hydrogen (secondary N) is 1. The fraction of sp³-hybridized carbons (Fsp3) is 0.533. The van der Waals surface area contributed by atoms with E-state index in [0.29, 0.717) is 30.5 Å². The predicted octanol–water partition coefficient (Wildman–Crippen LogP) is 1.39. The molecule has 3 N–H and O–H groups in total. The topological polar surface area (TPSA) is 88.3 Å². The summed E-state index contributed by atoms with van der Waals surface area (Å²) in [6.07, 6.45) is 6.35. The summed E-state index contributed by atoms with van der Waals surface area (Å²) >= 11 is 0. The molecule has 2 aliphatic rings. The van der Waals surface area contributed by atoms with Crippen LogP contribution in [0.5, 0.6) is 0 Å². The smallest absolute Gasteiger partial charge is 0.229 e. The van der Waals surface area contributed by atoms with Crippen LogP contribution in [0.4, 0.5) is 11.5 Å². The minimum atomic E-state index is -0.268. The molecule has 0 aromatic carbocycles. The summed E-state index contributed by atoms with van der Waals surface area (Å²) in [7, 11) is 0. The Labute approximate surface area is 123 Å². The number of nitrogen functional groups attached to an aromatic ring is 1. The first-order valence-corrected chi connectivity index (χ1v) is 7.45. The number of carbonyl (C=O) groups excluding carboxylic acids is 2. The van der Waals surface area contributed by atoms with Crippen LogP contribution < -0.4 is 11.1 Å². The largest absolute Gasteiger partial charge is 0.384 e. The SMILES string of the molecule is Nc1ccc(NC(=O)C2CC(=O)N(C3CCCC3)C2)cn1. The summed E-state index contributed by atoms with van der Waals surface area (Å²) in [5.74, 6) is 0.139. The second-order valence-corrected chi connectivity index (χ2v) is 5.85. The van der Waals surface area contributed by atoms with Crippen LogP contribution in [-0.2, 0) is 9.59 Å². The number of nitrogens with zero attached hydrogens (tertiary/aromatic N) is 2. The first kappa shape index (κ1) is 13.9. The van der Waals surface area contributed by atoms with Crippen LogP contribution >= 0.6 is 0 Å². The molecule has 6 nitrogen and oxygen atoms in total. The molecule has 3 rings (SSSR count). The number of aromatic nitrogens is 1. The molecule has 2 amide bonds. The third kappa shape index (κ3) is 2.99. The van der Waals surface area contributed by atoms with E-state index < -0.39 is 0 Å². The van der Waals surface area contributed by atoms with Gasteiger partial charge in [0.2, 0.25) is 11.8 Å². The van der Waals surface area contributed by atoms with E-state index in [1.807, 2.05) is 4.90 Å². The fourth-order valence-corrected chi connectivity index (χ4v) is 3.20. The summed E-state index contributed by atoms with van der Waals surface area (Å²) in [6.45, 7) is 0.539. The highest BCUT2D eigenvalue weighted by Gasteiger charge is 2.38. The average molecular weight is 288 g/mol. The Morgan fingerprint density at radius 3 is 2.76 bits per heavy atom. The van der Waals surface area contributed by atoms with Crippen molar-refractivity contribution in [3.63, 3.8) is 0 Å². The number of rotatable bonds is 3. The minimum Gasteiger partial charge on any atom is -0.384 e. The molecule has 21 heavy (non-hydrogen) atoms. The van der Waals surface area contributed by atoms with Gasteiger partial charge in [-0.25, -0.2) is 4.98 Å². The molecule has 1 atom stereocenters. The Morgan fingerprint density at radius 1 is 1.33 bits per heavy atom. The van der Waals surface area contributed by atoms with Crippen molar-refractivity contribution >= 4 is 23.3 Å². The zero-order chi connectivity index (χ0) is 14.8. The number of likely N-dealkylation sites (tertiary alicyclic amines) is 1. The highest BCUT2D eigenvalue weighted by Crippen LogP contribution is 2.29. The molecule has 0 radical (unpaired) electrons. The molecule has 1 saturated carbocycles. The van der Waals surface area contributed by atoms with Crippen molar-refractivity contribution in [3.8, 4) is 0 Å². The van der Waals surface area contributed by atoms with Crippen molar-refractivity contribution in [2.24, 2.45) is 5.92 Å². The molecular formula is C15H20N4O2. The van der Waals surface area contributed by atoms with Crippen LogP contribution in [-0.4, -0.2) is 34.3 Å². The molecule has 6 heteroatoms. The molecule has 1 aliphatic heterocycles. The number of hydrogen-bond donors (Lipinski definition) is 2. The van der Waals surface area contributed by atoms with Gasteiger partial charge in [0.05, 0.1) is 17.8 Å². The van der Waals surface area contributed by atoms with Gasteiger partial charge in [-0.2, -0.15) is 0 Å². The molecule has 1 aromatic rings. The molecule has 2 fully saturated rings. The van der Waals surface area contributed by atoms with Crippen LogP contribution in [0.1, 0.15) is 32.1 Å². The lowest BCUT2D eigenvalue weighted by Gasteiger charge is -2.23. The van der Waals surface area contributed by atoms with Crippen molar-refractivity contribution in [2.45, 2.75) is 38.1 Å². The van der Waals surface area contributed by atoms with Gasteiger partial charge in [-0.15, -0.1) is 0 Å². The van der Waals surface area contributed by atoms with E-state index in [-0.39, 0.29) is 17.7 Å². The van der Waals surface area contributed by atoms with Crippen LogP contribution in [0.15, 0.2) is 18.3 Å². The van der Waals surface area contributed by atoms with E-state index in [4.69, 9.17) is 5.73 Å². The first-order valence-electron chi connectivity index (χ1n) is 7.45. The monoisotopic (exact) mass is 288 g/mol. The summed E-state index contributed by atoms with van der Waals surface area (Å²) < 4.78 is 0. The van der Waals surface area contributed by atoms with E-state index in [2.05, 4.69) is 10.3 Å². The van der Waals surface area contributed by atoms with Gasteiger partial charge in [-0.1, -0.05) is 12.8 Å². The quantitative estimate of drug-likeness (QED) is 0.879. The predicted molar refractivity (Wildman–Crippen MR) is 79.4 cm³/mol. The van der Waals surface area contributed by atoms with Gasteiger partial charge in [-0.3, -0.25) is 9.59 Å². The molecule has 1 saturated heterocycles. The lowest BCUT2D eigenvalue weighted by Crippen LogP contribution is -2.35. The lowest BCUT2D eigenvalue weighted by atomic mass is 10.1. The summed E-state index contributed by atoms with van der Waals surface area (Å²) in [4.78, 5) is 30.2. The average Bonchev–Trinajstić information content (AvgIpc) is 3.10. The van der Waals surface area contributed by atoms with Crippen LogP contribution in [0.3, 0.4) is 0 Å². The zero-order valence-corrected chi connectivity index (χ0v) is 11.9. The molecule has 0 spiro atoms. The number of anilines is 2. The van der Waals surface area contributed by atoms with Gasteiger partial charge < -0.3 is 16.0 Å². The number of amides is 2. The molecule has 112 valence electrons. The zero-order valence-electron chi connectivity index (χ0n) is 11.9. The van der Waals surface area contributed by atoms with E-state index in [1.54, 1.807) is 12.1 Å². The molecule has 2 heterocycles. The normalized spacial score (nSPS) is 22.8. The minimum absolute atomic E-state index is 0.109. The Hall–Kier alpha value is -2.11. The Kier molecular flexibility index (Phi) is 3.77. The second kappa shape index (κ2) is 5.71. The second-order valence-electron chi connectivity index (χ2n) is 5.85. The van der Waals surface area contributed by atoms with Crippen LogP contribution in [0, 0.1) is 5.92 Å². The number of hydrogen-bond acceptors (Lipinski definition) is 4. The summed E-state index contributed by atoms with van der Waals surface area (Å²) in [6, 6.07) is 3.69. The van der Waals surface area contributed by atoms with E-state index in [0.717, 1.165) is 12.8 Å². The van der Waals surface area contributed by atoms with Gasteiger partial charge in [-0.05, 0) is 25.0 Å². The molecule has 1 aliphatic carbocycles. The van der Waals surface area contributed by atoms with E-state index in [1.165, 1.54) is 19.0 Å². The van der Waals surface area contributed by atoms with Gasteiger partial charge in [0.25, 0.3) is 0 Å². The molecule has 0 bridgehead atoms. The van der Waals surface area contributed by atoms with Gasteiger partial charge in [0.1, 0.15) is 5.82 Å². The van der Waals surface area contributed by atoms with Gasteiger partial charge >= 0.3 is 0 Å². The van der Waals surface area contributed by atoms with Crippen molar-refractivity contribution in [2.75, 3.05) is 17.6 Å². The Balaban J connectivity index is 1.60. The summed E-state index contributed by atoms with van der Waals surface area (Å²) in [5, 5.41) is 2.81. The van der Waals surface area contributed by atoms with E-state index >= 15 is 0 Å². The molecular weight excluding hydrogens is 268 g/mol. The maximum absolute atomic E-state index is 12.3. The van der Waals surface area contributed by atoms with Gasteiger partial charge in [0, 0.05) is 19.0 Å². The fourth-order valence-electron chi connectivity index (χ4n) is 3.20. The highest BCUT2D eigenvalue weighted by molar-refractivity contribution is 5.97. The van der Waals surface area contributed by atoms with Crippen LogP contribution in [0.2, 0.25) is 0 Å². The van der Waals surface area contributed by atoms with Crippen LogP contribution in [0.25, 0.3) is 0 Å². The van der Waals surface area contributed by atoms with Crippen molar-refractivity contribution in [1.82, 2.24) is 9.88 Å². The number of carbonyl (C=O) groups is 2. The third-order valence-corrected chi connectivity index (χ3v) is 4.35. The number of pyridine rings is 1. The van der Waals surface area contributed by atoms with Gasteiger partial charge in [0.15, 0.2) is 0 Å². The molecule has 1 unspecified atom stereocenters. The first-order chi connectivity index (χ1) is 10.1. The van der Waals surface area contributed by atoms with E-state index in [9.17, 15) is 9.59 Å².